The number of rotatable bonds is 7. The summed E-state index contributed by atoms with van der Waals surface area (Å²) in [7, 11) is 0. The van der Waals surface area contributed by atoms with Gasteiger partial charge in [0.2, 0.25) is 5.88 Å². The lowest BCUT2D eigenvalue weighted by Crippen LogP contribution is -2.30. The number of ether oxygens (including phenoxy) is 1. The number of hydrogen-bond donors (Lipinski definition) is 2. The van der Waals surface area contributed by atoms with Crippen molar-refractivity contribution in [1.82, 2.24) is 15.3 Å². The summed E-state index contributed by atoms with van der Waals surface area (Å²) in [4.78, 5) is 9.63. The van der Waals surface area contributed by atoms with Crippen molar-refractivity contribution in [2.24, 2.45) is 11.7 Å². The molecule has 1 aliphatic heterocycles. The smallest absolute Gasteiger partial charge is 0.222 e. The van der Waals surface area contributed by atoms with Gasteiger partial charge in [-0.05, 0) is 61.5 Å². The van der Waals surface area contributed by atoms with Gasteiger partial charge in [-0.3, -0.25) is 0 Å². The van der Waals surface area contributed by atoms with Crippen LogP contribution in [0.4, 0.5) is 0 Å². The molecule has 1 fully saturated rings. The molecule has 5 rings (SSSR count). The minimum Gasteiger partial charge on any atom is -0.477 e. The third-order valence-corrected chi connectivity index (χ3v) is 6.42. The van der Waals surface area contributed by atoms with Crippen molar-refractivity contribution < 1.29 is 4.74 Å². The number of nitrogens with one attached hydrogen (secondary N) is 1. The van der Waals surface area contributed by atoms with Crippen molar-refractivity contribution >= 4 is 10.9 Å². The Balaban J connectivity index is 1.52. The molecule has 1 aliphatic rings. The Hall–Kier alpha value is -3.28. The lowest BCUT2D eigenvalue weighted by atomic mass is 9.96. The minimum atomic E-state index is 0.528. The van der Waals surface area contributed by atoms with Crippen LogP contribution in [0.3, 0.4) is 0 Å². The van der Waals surface area contributed by atoms with Gasteiger partial charge in [0.1, 0.15) is 0 Å². The molecule has 1 atom stereocenters. The summed E-state index contributed by atoms with van der Waals surface area (Å²) in [6.07, 6.45) is 5.34. The fraction of sp³-hybridized carbons (Fsp3) is 0.286. The number of nitrogens with zero attached hydrogens (tertiary/aromatic N) is 2. The van der Waals surface area contributed by atoms with Crippen LogP contribution < -0.4 is 15.8 Å². The Morgan fingerprint density at radius 1 is 1.00 bits per heavy atom. The molecule has 1 unspecified atom stereocenters. The molecule has 0 radical (unpaired) electrons. The number of aromatic nitrogens is 2. The van der Waals surface area contributed by atoms with Gasteiger partial charge in [0.05, 0.1) is 23.2 Å². The van der Waals surface area contributed by atoms with Crippen molar-refractivity contribution in [3.8, 4) is 28.3 Å². The third kappa shape index (κ3) is 4.90. The first-order chi connectivity index (χ1) is 16.3. The minimum absolute atomic E-state index is 0.528. The fourth-order valence-corrected chi connectivity index (χ4v) is 4.54. The quantitative estimate of drug-likeness (QED) is 0.415. The van der Waals surface area contributed by atoms with E-state index in [1.54, 1.807) is 6.20 Å². The van der Waals surface area contributed by atoms with Crippen LogP contribution in [-0.2, 0) is 6.54 Å². The van der Waals surface area contributed by atoms with Crippen LogP contribution in [0.1, 0.15) is 24.8 Å². The molecule has 0 saturated carbocycles. The molecule has 168 valence electrons. The van der Waals surface area contributed by atoms with Crippen LogP contribution in [0, 0.1) is 5.92 Å². The van der Waals surface area contributed by atoms with E-state index < -0.39 is 0 Å². The summed E-state index contributed by atoms with van der Waals surface area (Å²) >= 11 is 0. The van der Waals surface area contributed by atoms with Crippen molar-refractivity contribution in [3.63, 3.8) is 0 Å². The van der Waals surface area contributed by atoms with E-state index in [1.807, 2.05) is 12.1 Å². The number of fused-ring (bicyclic) bond motifs is 1. The third-order valence-electron chi connectivity index (χ3n) is 6.42. The van der Waals surface area contributed by atoms with Gasteiger partial charge in [0, 0.05) is 23.9 Å². The molecule has 0 aliphatic carbocycles. The molecule has 3 heterocycles. The molecule has 0 bridgehead atoms. The van der Waals surface area contributed by atoms with E-state index in [0.717, 1.165) is 58.4 Å². The molecular weight excluding hydrogens is 408 g/mol. The largest absolute Gasteiger partial charge is 0.477 e. The molecular formula is C28H30N4O. The number of hydrogen-bond acceptors (Lipinski definition) is 5. The summed E-state index contributed by atoms with van der Waals surface area (Å²) in [5.74, 6) is 1.33. The fourth-order valence-electron chi connectivity index (χ4n) is 4.54. The number of benzene rings is 2. The van der Waals surface area contributed by atoms with Gasteiger partial charge in [-0.25, -0.2) is 9.97 Å². The lowest BCUT2D eigenvalue weighted by molar-refractivity contribution is 0.250. The molecule has 4 aromatic rings. The second kappa shape index (κ2) is 10.1. The van der Waals surface area contributed by atoms with Crippen LogP contribution in [0.15, 0.2) is 72.9 Å². The number of piperidine rings is 1. The molecule has 0 amide bonds. The zero-order valence-electron chi connectivity index (χ0n) is 18.8. The van der Waals surface area contributed by atoms with Crippen molar-refractivity contribution in [1.29, 1.82) is 0 Å². The second-order valence-electron chi connectivity index (χ2n) is 8.68. The van der Waals surface area contributed by atoms with Crippen LogP contribution >= 0.6 is 0 Å². The number of pyridine rings is 2. The van der Waals surface area contributed by atoms with E-state index in [9.17, 15) is 0 Å². The topological polar surface area (TPSA) is 73.1 Å². The molecule has 2 aromatic carbocycles. The normalized spacial score (nSPS) is 16.1. The highest BCUT2D eigenvalue weighted by Crippen LogP contribution is 2.35. The van der Waals surface area contributed by atoms with E-state index in [4.69, 9.17) is 15.5 Å². The number of nitrogens with two attached hydrogens (primary N) is 1. The maximum Gasteiger partial charge on any atom is 0.222 e. The highest BCUT2D eigenvalue weighted by molar-refractivity contribution is 5.93. The molecule has 5 heteroatoms. The Morgan fingerprint density at radius 3 is 2.61 bits per heavy atom. The Kier molecular flexibility index (Phi) is 6.61. The van der Waals surface area contributed by atoms with Crippen molar-refractivity contribution in [2.45, 2.75) is 25.8 Å². The zero-order valence-corrected chi connectivity index (χ0v) is 18.8. The van der Waals surface area contributed by atoms with Crippen LogP contribution in [-0.4, -0.2) is 29.7 Å². The predicted octanol–water partition coefficient (Wildman–Crippen LogP) is 5.19. The molecule has 1 saturated heterocycles. The summed E-state index contributed by atoms with van der Waals surface area (Å²) in [6, 6.07) is 22.8. The van der Waals surface area contributed by atoms with Crippen molar-refractivity contribution in [2.75, 3.05) is 19.7 Å². The summed E-state index contributed by atoms with van der Waals surface area (Å²) < 4.78 is 6.20. The Labute approximate surface area is 195 Å². The molecule has 33 heavy (non-hydrogen) atoms. The van der Waals surface area contributed by atoms with E-state index in [-0.39, 0.29) is 0 Å². The van der Waals surface area contributed by atoms with Gasteiger partial charge in [0.25, 0.3) is 0 Å². The van der Waals surface area contributed by atoms with E-state index >= 15 is 0 Å². The summed E-state index contributed by atoms with van der Waals surface area (Å²) in [5.41, 5.74) is 12.0. The zero-order chi connectivity index (χ0) is 22.5. The Morgan fingerprint density at radius 2 is 1.85 bits per heavy atom. The highest BCUT2D eigenvalue weighted by atomic mass is 16.5. The van der Waals surface area contributed by atoms with Gasteiger partial charge in [-0.2, -0.15) is 0 Å². The van der Waals surface area contributed by atoms with Gasteiger partial charge in [-0.1, -0.05) is 54.6 Å². The monoisotopic (exact) mass is 438 g/mol. The Bertz CT molecular complexity index is 1200. The predicted molar refractivity (Wildman–Crippen MR) is 134 cm³/mol. The van der Waals surface area contributed by atoms with Gasteiger partial charge < -0.3 is 15.8 Å². The van der Waals surface area contributed by atoms with Gasteiger partial charge in [-0.15, -0.1) is 0 Å². The molecule has 3 N–H and O–H groups in total. The maximum absolute atomic E-state index is 6.20. The van der Waals surface area contributed by atoms with Crippen LogP contribution in [0.25, 0.3) is 33.3 Å². The summed E-state index contributed by atoms with van der Waals surface area (Å²) in [5, 5.41) is 4.42. The maximum atomic E-state index is 6.20. The SMILES string of the molecule is NCc1ccc(-c2nc3ccnc(OCCC4CCCNC4)c3cc2-c2ccccc2)cc1. The first-order valence-electron chi connectivity index (χ1n) is 11.8. The van der Waals surface area contributed by atoms with Crippen molar-refractivity contribution in [3.05, 3.63) is 78.5 Å². The van der Waals surface area contributed by atoms with Gasteiger partial charge in [0.15, 0.2) is 0 Å². The lowest BCUT2D eigenvalue weighted by Gasteiger charge is -2.22. The summed E-state index contributed by atoms with van der Waals surface area (Å²) in [6.45, 7) is 3.41. The molecule has 0 spiro atoms. The average molecular weight is 439 g/mol. The first-order valence-corrected chi connectivity index (χ1v) is 11.8. The standard InChI is InChI=1S/C28H30N4O/c29-18-20-8-10-23(11-9-20)27-24(22-6-2-1-3-7-22)17-25-26(32-27)12-15-31-28(25)33-16-13-21-5-4-14-30-19-21/h1-3,6-12,15,17,21,30H,4-5,13-14,16,18-19,29H2. The average Bonchev–Trinajstić information content (AvgIpc) is 2.89. The van der Waals surface area contributed by atoms with Crippen LogP contribution in [0.5, 0.6) is 5.88 Å². The van der Waals surface area contributed by atoms with E-state index in [0.29, 0.717) is 24.9 Å². The van der Waals surface area contributed by atoms with E-state index in [1.165, 1.54) is 12.8 Å². The first kappa shape index (κ1) is 21.6. The molecule has 5 nitrogen and oxygen atoms in total. The highest BCUT2D eigenvalue weighted by Gasteiger charge is 2.16. The molecule has 2 aromatic heterocycles. The van der Waals surface area contributed by atoms with E-state index in [2.05, 4.69) is 64.9 Å². The second-order valence-corrected chi connectivity index (χ2v) is 8.68. The van der Waals surface area contributed by atoms with Gasteiger partial charge >= 0.3 is 0 Å². The van der Waals surface area contributed by atoms with Crippen LogP contribution in [0.2, 0.25) is 0 Å².